The monoisotopic (exact) mass is 342 g/mol. The Balaban J connectivity index is 0.00000242. The van der Waals surface area contributed by atoms with Crippen molar-refractivity contribution in [1.82, 2.24) is 5.32 Å². The molecule has 0 aliphatic carbocycles. The number of hydrogen-bond acceptors (Lipinski definition) is 4. The van der Waals surface area contributed by atoms with Crippen molar-refractivity contribution in [3.05, 3.63) is 35.6 Å². The molecule has 0 spiro atoms. The zero-order chi connectivity index (χ0) is 15.4. The van der Waals surface area contributed by atoms with E-state index >= 15 is 0 Å². The normalized spacial score (nSPS) is 13.5. The second kappa shape index (κ2) is 8.46. The van der Waals surface area contributed by atoms with E-state index in [1.54, 1.807) is 11.8 Å². The lowest BCUT2D eigenvalue weighted by Crippen LogP contribution is -2.42. The average Bonchev–Trinajstić information content (AvgIpc) is 2.82. The summed E-state index contributed by atoms with van der Waals surface area (Å²) in [5.74, 6) is 1.55. The molecule has 3 N–H and O–H groups in total. The van der Waals surface area contributed by atoms with Gasteiger partial charge in [-0.1, -0.05) is 18.2 Å². The van der Waals surface area contributed by atoms with Crippen LogP contribution in [0.2, 0.25) is 0 Å². The first kappa shape index (κ1) is 18.9. The summed E-state index contributed by atoms with van der Waals surface area (Å²) in [6.07, 6.45) is 2.68. The summed E-state index contributed by atoms with van der Waals surface area (Å²) < 4.78 is 5.86. The van der Waals surface area contributed by atoms with Crippen molar-refractivity contribution >= 4 is 41.0 Å². The van der Waals surface area contributed by atoms with Gasteiger partial charge in [0.05, 0.1) is 12.1 Å². The number of benzene rings is 1. The number of furan rings is 1. The quantitative estimate of drug-likeness (QED) is 0.844. The minimum absolute atomic E-state index is 0. The fourth-order valence-electron chi connectivity index (χ4n) is 2.37. The summed E-state index contributed by atoms with van der Waals surface area (Å²) in [6, 6.07) is 7.23. The Kier molecular flexibility index (Phi) is 7.26. The third kappa shape index (κ3) is 4.18. The first-order chi connectivity index (χ1) is 10.0. The van der Waals surface area contributed by atoms with Gasteiger partial charge in [-0.2, -0.15) is 11.8 Å². The second-order valence-electron chi connectivity index (χ2n) is 5.21. The van der Waals surface area contributed by atoms with Crippen molar-refractivity contribution in [2.45, 2.75) is 32.4 Å². The second-order valence-corrected chi connectivity index (χ2v) is 6.19. The molecule has 4 nitrogen and oxygen atoms in total. The lowest BCUT2D eigenvalue weighted by atomic mass is 10.1. The van der Waals surface area contributed by atoms with Gasteiger partial charge in [0.1, 0.15) is 11.3 Å². The molecule has 0 radical (unpaired) electrons. The molecule has 0 saturated carbocycles. The van der Waals surface area contributed by atoms with E-state index < -0.39 is 6.04 Å². The third-order valence-electron chi connectivity index (χ3n) is 3.60. The number of nitrogens with one attached hydrogen (secondary N) is 1. The SMILES string of the molecule is CSCC[C@H](N)C(=O)NC(C)c1oc2ccccc2c1C.Cl. The Morgan fingerprint density at radius 2 is 2.09 bits per heavy atom. The van der Waals surface area contributed by atoms with Crippen LogP contribution in [0.25, 0.3) is 11.0 Å². The molecule has 122 valence electrons. The molecular formula is C16H23ClN2O2S. The number of fused-ring (bicyclic) bond motifs is 1. The zero-order valence-corrected chi connectivity index (χ0v) is 14.7. The molecule has 2 atom stereocenters. The Bertz CT molecular complexity index is 630. The zero-order valence-electron chi connectivity index (χ0n) is 13.1. The van der Waals surface area contributed by atoms with Gasteiger partial charge in [0.2, 0.25) is 5.91 Å². The third-order valence-corrected chi connectivity index (χ3v) is 4.25. The van der Waals surface area contributed by atoms with Crippen LogP contribution in [0.15, 0.2) is 28.7 Å². The molecule has 2 aromatic rings. The van der Waals surface area contributed by atoms with Crippen LogP contribution in [-0.2, 0) is 4.79 Å². The van der Waals surface area contributed by atoms with E-state index in [4.69, 9.17) is 10.2 Å². The van der Waals surface area contributed by atoms with E-state index in [0.29, 0.717) is 6.42 Å². The predicted molar refractivity (Wildman–Crippen MR) is 95.7 cm³/mol. The number of amides is 1. The van der Waals surface area contributed by atoms with Crippen LogP contribution in [0.1, 0.15) is 30.7 Å². The van der Waals surface area contributed by atoms with Crippen molar-refractivity contribution < 1.29 is 9.21 Å². The first-order valence-electron chi connectivity index (χ1n) is 7.07. The fraction of sp³-hybridized carbons (Fsp3) is 0.438. The number of para-hydroxylation sites is 1. The molecule has 1 heterocycles. The van der Waals surface area contributed by atoms with Gasteiger partial charge in [0, 0.05) is 10.9 Å². The molecule has 0 aliphatic rings. The predicted octanol–water partition coefficient (Wildman–Crippen LogP) is 3.42. The number of nitrogens with two attached hydrogens (primary N) is 1. The highest BCUT2D eigenvalue weighted by Gasteiger charge is 2.21. The number of rotatable bonds is 6. The lowest BCUT2D eigenvalue weighted by molar-refractivity contribution is -0.123. The van der Waals surface area contributed by atoms with Gasteiger partial charge in [-0.25, -0.2) is 0 Å². The maximum absolute atomic E-state index is 12.1. The summed E-state index contributed by atoms with van der Waals surface area (Å²) in [7, 11) is 0. The summed E-state index contributed by atoms with van der Waals surface area (Å²) in [4.78, 5) is 12.1. The van der Waals surface area contributed by atoms with Crippen LogP contribution >= 0.6 is 24.2 Å². The van der Waals surface area contributed by atoms with E-state index in [9.17, 15) is 4.79 Å². The molecule has 22 heavy (non-hydrogen) atoms. The molecule has 1 unspecified atom stereocenters. The molecule has 0 saturated heterocycles. The number of carbonyl (C=O) groups is 1. The van der Waals surface area contributed by atoms with Crippen molar-refractivity contribution in [3.8, 4) is 0 Å². The lowest BCUT2D eigenvalue weighted by Gasteiger charge is -2.16. The highest BCUT2D eigenvalue weighted by Crippen LogP contribution is 2.29. The largest absolute Gasteiger partial charge is 0.459 e. The van der Waals surface area contributed by atoms with Gasteiger partial charge in [-0.15, -0.1) is 12.4 Å². The highest BCUT2D eigenvalue weighted by atomic mass is 35.5. The van der Waals surface area contributed by atoms with Crippen molar-refractivity contribution in [1.29, 1.82) is 0 Å². The van der Waals surface area contributed by atoms with Crippen LogP contribution in [0.5, 0.6) is 0 Å². The van der Waals surface area contributed by atoms with Crippen LogP contribution in [-0.4, -0.2) is 24.0 Å². The van der Waals surface area contributed by atoms with Crippen LogP contribution < -0.4 is 11.1 Å². The van der Waals surface area contributed by atoms with Crippen molar-refractivity contribution in [2.24, 2.45) is 5.73 Å². The summed E-state index contributed by atoms with van der Waals surface area (Å²) in [5.41, 5.74) is 7.80. The fourth-order valence-corrected chi connectivity index (χ4v) is 2.86. The van der Waals surface area contributed by atoms with Gasteiger partial charge in [0.25, 0.3) is 0 Å². The van der Waals surface area contributed by atoms with Gasteiger partial charge in [0.15, 0.2) is 0 Å². The molecule has 0 bridgehead atoms. The summed E-state index contributed by atoms with van der Waals surface area (Å²) in [5, 5.41) is 4.02. The number of hydrogen-bond donors (Lipinski definition) is 2. The minimum Gasteiger partial charge on any atom is -0.459 e. The molecule has 1 aromatic heterocycles. The molecule has 0 aliphatic heterocycles. The van der Waals surface area contributed by atoms with E-state index in [1.807, 2.05) is 44.4 Å². The molecule has 1 amide bonds. The summed E-state index contributed by atoms with van der Waals surface area (Å²) in [6.45, 7) is 3.93. The topological polar surface area (TPSA) is 68.3 Å². The van der Waals surface area contributed by atoms with Crippen LogP contribution in [0.3, 0.4) is 0 Å². The highest BCUT2D eigenvalue weighted by molar-refractivity contribution is 7.98. The minimum atomic E-state index is -0.468. The molecule has 0 fully saturated rings. The molecular weight excluding hydrogens is 320 g/mol. The van der Waals surface area contributed by atoms with Crippen molar-refractivity contribution in [3.63, 3.8) is 0 Å². The maximum Gasteiger partial charge on any atom is 0.237 e. The van der Waals surface area contributed by atoms with Gasteiger partial charge in [-0.05, 0) is 38.3 Å². The standard InChI is InChI=1S/C16H22N2O2S.ClH/c1-10-12-6-4-5-7-14(12)20-15(10)11(2)18-16(19)13(17)8-9-21-3;/h4-7,11,13H,8-9,17H2,1-3H3,(H,18,19);1H/t11?,13-;/m0./s1. The van der Waals surface area contributed by atoms with E-state index in [-0.39, 0.29) is 24.4 Å². The Morgan fingerprint density at radius 3 is 2.73 bits per heavy atom. The van der Waals surface area contributed by atoms with E-state index in [1.165, 1.54) is 0 Å². The average molecular weight is 343 g/mol. The Hall–Kier alpha value is -1.17. The maximum atomic E-state index is 12.1. The van der Waals surface area contributed by atoms with E-state index in [2.05, 4.69) is 5.32 Å². The smallest absolute Gasteiger partial charge is 0.237 e. The first-order valence-corrected chi connectivity index (χ1v) is 8.47. The Labute approximate surface area is 141 Å². The van der Waals surface area contributed by atoms with Crippen LogP contribution in [0.4, 0.5) is 0 Å². The molecule has 6 heteroatoms. The Morgan fingerprint density at radius 1 is 1.41 bits per heavy atom. The molecule has 2 rings (SSSR count). The number of thioether (sulfide) groups is 1. The van der Waals surface area contributed by atoms with Crippen molar-refractivity contribution in [2.75, 3.05) is 12.0 Å². The number of carbonyl (C=O) groups excluding carboxylic acids is 1. The van der Waals surface area contributed by atoms with Gasteiger partial charge >= 0.3 is 0 Å². The van der Waals surface area contributed by atoms with Gasteiger partial charge in [-0.3, -0.25) is 4.79 Å². The molecule has 1 aromatic carbocycles. The van der Waals surface area contributed by atoms with Crippen LogP contribution in [0, 0.1) is 6.92 Å². The van der Waals surface area contributed by atoms with E-state index in [0.717, 1.165) is 28.0 Å². The summed E-state index contributed by atoms with van der Waals surface area (Å²) >= 11 is 1.69. The van der Waals surface area contributed by atoms with Gasteiger partial charge < -0.3 is 15.5 Å². The number of aryl methyl sites for hydroxylation is 1. The number of halogens is 1.